The number of sulfone groups is 1. The van der Waals surface area contributed by atoms with Gasteiger partial charge in [-0.25, -0.2) is 8.42 Å². The van der Waals surface area contributed by atoms with Crippen molar-refractivity contribution in [3.8, 4) is 0 Å². The predicted octanol–water partition coefficient (Wildman–Crippen LogP) is 2.14. The Morgan fingerprint density at radius 1 is 1.25 bits per heavy atom. The van der Waals surface area contributed by atoms with Crippen LogP contribution in [0.1, 0.15) is 19.8 Å². The van der Waals surface area contributed by atoms with E-state index in [1.807, 2.05) is 0 Å². The second-order valence-electron chi connectivity index (χ2n) is 4.06. The summed E-state index contributed by atoms with van der Waals surface area (Å²) in [5, 5.41) is 0. The molecule has 0 bridgehead atoms. The molecule has 1 aromatic carbocycles. The monoisotopic (exact) mass is 362 g/mol. The van der Waals surface area contributed by atoms with Crippen LogP contribution in [0, 0.1) is 0 Å². The number of carbonyl (C=O) groups excluding carboxylic acids is 2. The van der Waals surface area contributed by atoms with Crippen LogP contribution in [0.4, 0.5) is 0 Å². The van der Waals surface area contributed by atoms with Gasteiger partial charge in [0.05, 0.1) is 17.9 Å². The summed E-state index contributed by atoms with van der Waals surface area (Å²) < 4.78 is 29.3. The second kappa shape index (κ2) is 7.54. The number of carbonyl (C=O) groups is 2. The minimum atomic E-state index is -3.67. The average Bonchev–Trinajstić information content (AvgIpc) is 2.36. The van der Waals surface area contributed by atoms with E-state index in [4.69, 9.17) is 0 Å². The van der Waals surface area contributed by atoms with Gasteiger partial charge in [0.15, 0.2) is 9.84 Å². The first kappa shape index (κ1) is 16.8. The van der Waals surface area contributed by atoms with Crippen molar-refractivity contribution in [1.82, 2.24) is 0 Å². The topological polar surface area (TPSA) is 77.5 Å². The SMILES string of the molecule is CCOC(=O)CCC(=O)CS(=O)(=O)c1cccc(Br)c1. The van der Waals surface area contributed by atoms with Crippen LogP contribution in [0.3, 0.4) is 0 Å². The van der Waals surface area contributed by atoms with Crippen LogP contribution >= 0.6 is 15.9 Å². The fraction of sp³-hybridized carbons (Fsp3) is 0.385. The molecule has 0 aliphatic rings. The van der Waals surface area contributed by atoms with Crippen molar-refractivity contribution in [2.75, 3.05) is 12.4 Å². The summed E-state index contributed by atoms with van der Waals surface area (Å²) >= 11 is 3.18. The highest BCUT2D eigenvalue weighted by Gasteiger charge is 2.20. The van der Waals surface area contributed by atoms with Crippen LogP contribution in [0.15, 0.2) is 33.6 Å². The van der Waals surface area contributed by atoms with Gasteiger partial charge in [-0.2, -0.15) is 0 Å². The van der Waals surface area contributed by atoms with Gasteiger partial charge in [0.1, 0.15) is 11.5 Å². The number of ether oxygens (including phenoxy) is 1. The number of hydrogen-bond acceptors (Lipinski definition) is 5. The molecule has 1 rings (SSSR count). The lowest BCUT2D eigenvalue weighted by Gasteiger charge is -2.05. The summed E-state index contributed by atoms with van der Waals surface area (Å²) in [5.74, 6) is -1.61. The van der Waals surface area contributed by atoms with E-state index >= 15 is 0 Å². The number of hydrogen-bond donors (Lipinski definition) is 0. The standard InChI is InChI=1S/C13H15BrO5S/c1-2-19-13(16)7-6-11(15)9-20(17,18)12-5-3-4-10(14)8-12/h3-5,8H,2,6-7,9H2,1H3. The molecule has 20 heavy (non-hydrogen) atoms. The lowest BCUT2D eigenvalue weighted by molar-refractivity contribution is -0.144. The zero-order valence-electron chi connectivity index (χ0n) is 11.0. The van der Waals surface area contributed by atoms with E-state index in [2.05, 4.69) is 20.7 Å². The molecule has 0 unspecified atom stereocenters. The highest BCUT2D eigenvalue weighted by atomic mass is 79.9. The molecule has 0 aromatic heterocycles. The van der Waals surface area contributed by atoms with Gasteiger partial charge in [0, 0.05) is 10.9 Å². The number of ketones is 1. The zero-order chi connectivity index (χ0) is 15.2. The third-order valence-electron chi connectivity index (χ3n) is 2.42. The number of esters is 1. The van der Waals surface area contributed by atoms with Crippen LogP contribution in [-0.2, 0) is 24.2 Å². The summed E-state index contributed by atoms with van der Waals surface area (Å²) in [4.78, 5) is 22.8. The summed E-state index contributed by atoms with van der Waals surface area (Å²) in [6.45, 7) is 1.90. The van der Waals surface area contributed by atoms with Crippen LogP contribution in [-0.4, -0.2) is 32.5 Å². The molecule has 110 valence electrons. The molecule has 5 nitrogen and oxygen atoms in total. The van der Waals surface area contributed by atoms with E-state index in [-0.39, 0.29) is 24.3 Å². The lowest BCUT2D eigenvalue weighted by Crippen LogP contribution is -2.17. The predicted molar refractivity (Wildman–Crippen MR) is 77.1 cm³/mol. The highest BCUT2D eigenvalue weighted by Crippen LogP contribution is 2.17. The third kappa shape index (κ3) is 5.42. The maximum Gasteiger partial charge on any atom is 0.306 e. The normalized spacial score (nSPS) is 11.1. The Hall–Kier alpha value is -1.21. The first-order valence-corrected chi connectivity index (χ1v) is 8.45. The van der Waals surface area contributed by atoms with Crippen molar-refractivity contribution in [3.63, 3.8) is 0 Å². The Kier molecular flexibility index (Phi) is 6.35. The van der Waals surface area contributed by atoms with Crippen molar-refractivity contribution >= 4 is 37.5 Å². The summed E-state index contributed by atoms with van der Waals surface area (Å²) in [5.41, 5.74) is 0. The van der Waals surface area contributed by atoms with Gasteiger partial charge < -0.3 is 4.74 Å². The van der Waals surface area contributed by atoms with Crippen molar-refractivity contribution in [1.29, 1.82) is 0 Å². The number of Topliss-reactive ketones (excluding diaryl/α,β-unsaturated/α-hetero) is 1. The van der Waals surface area contributed by atoms with E-state index in [0.717, 1.165) is 0 Å². The van der Waals surface area contributed by atoms with E-state index < -0.39 is 27.3 Å². The number of benzene rings is 1. The molecule has 0 aliphatic carbocycles. The fourth-order valence-corrected chi connectivity index (χ4v) is 3.38. The van der Waals surface area contributed by atoms with Gasteiger partial charge in [-0.15, -0.1) is 0 Å². The van der Waals surface area contributed by atoms with Gasteiger partial charge in [-0.05, 0) is 25.1 Å². The highest BCUT2D eigenvalue weighted by molar-refractivity contribution is 9.10. The second-order valence-corrected chi connectivity index (χ2v) is 6.97. The molecule has 0 atom stereocenters. The van der Waals surface area contributed by atoms with Crippen LogP contribution in [0.5, 0.6) is 0 Å². The molecule has 0 heterocycles. The van der Waals surface area contributed by atoms with Crippen LogP contribution in [0.25, 0.3) is 0 Å². The maximum atomic E-state index is 12.0. The Labute approximate surface area is 126 Å². The van der Waals surface area contributed by atoms with Gasteiger partial charge >= 0.3 is 5.97 Å². The van der Waals surface area contributed by atoms with E-state index in [1.165, 1.54) is 12.1 Å². The Balaban J connectivity index is 2.63. The molecule has 0 saturated carbocycles. The Morgan fingerprint density at radius 3 is 2.55 bits per heavy atom. The van der Waals surface area contributed by atoms with Gasteiger partial charge in [-0.3, -0.25) is 9.59 Å². The van der Waals surface area contributed by atoms with E-state index in [0.29, 0.717) is 4.47 Å². The molecule has 0 radical (unpaired) electrons. The first-order chi connectivity index (χ1) is 9.35. The number of rotatable bonds is 7. The van der Waals surface area contributed by atoms with E-state index in [9.17, 15) is 18.0 Å². The van der Waals surface area contributed by atoms with Crippen molar-refractivity contribution in [3.05, 3.63) is 28.7 Å². The summed E-state index contributed by atoms with van der Waals surface area (Å²) in [6, 6.07) is 6.15. The van der Waals surface area contributed by atoms with Gasteiger partial charge in [0.25, 0.3) is 0 Å². The Morgan fingerprint density at radius 2 is 1.95 bits per heavy atom. The number of halogens is 1. The molecule has 0 fully saturated rings. The molecule has 0 saturated heterocycles. The fourth-order valence-electron chi connectivity index (χ4n) is 1.50. The van der Waals surface area contributed by atoms with Crippen molar-refractivity contribution < 1.29 is 22.7 Å². The van der Waals surface area contributed by atoms with Crippen LogP contribution in [0.2, 0.25) is 0 Å². The zero-order valence-corrected chi connectivity index (χ0v) is 13.4. The molecular weight excluding hydrogens is 348 g/mol. The molecule has 1 aromatic rings. The first-order valence-electron chi connectivity index (χ1n) is 6.01. The maximum absolute atomic E-state index is 12.0. The molecule has 0 N–H and O–H groups in total. The smallest absolute Gasteiger partial charge is 0.306 e. The third-order valence-corrected chi connectivity index (χ3v) is 4.59. The quantitative estimate of drug-likeness (QED) is 0.694. The van der Waals surface area contributed by atoms with Crippen molar-refractivity contribution in [2.24, 2.45) is 0 Å². The molecule has 0 amide bonds. The largest absolute Gasteiger partial charge is 0.466 e. The lowest BCUT2D eigenvalue weighted by atomic mass is 10.2. The molecular formula is C13H15BrO5S. The average molecular weight is 363 g/mol. The minimum Gasteiger partial charge on any atom is -0.466 e. The molecule has 0 spiro atoms. The molecule has 7 heteroatoms. The summed E-state index contributed by atoms with van der Waals surface area (Å²) in [7, 11) is -3.67. The Bertz CT molecular complexity index is 595. The van der Waals surface area contributed by atoms with Gasteiger partial charge in [-0.1, -0.05) is 22.0 Å². The van der Waals surface area contributed by atoms with Crippen molar-refractivity contribution in [2.45, 2.75) is 24.7 Å². The molecule has 0 aliphatic heterocycles. The van der Waals surface area contributed by atoms with Gasteiger partial charge in [0.2, 0.25) is 0 Å². The minimum absolute atomic E-state index is 0.0800. The van der Waals surface area contributed by atoms with Crippen LogP contribution < -0.4 is 0 Å². The van der Waals surface area contributed by atoms with E-state index in [1.54, 1.807) is 19.1 Å². The summed E-state index contributed by atoms with van der Waals surface area (Å²) in [6.07, 6.45) is -0.229.